The molecular weight excluding hydrogens is 399 g/mol. The number of aromatic nitrogens is 2. The number of methoxy groups -OCH3 is 1. The second-order valence-corrected chi connectivity index (χ2v) is 8.61. The average Bonchev–Trinajstić information content (AvgIpc) is 2.68. The van der Waals surface area contributed by atoms with Gasteiger partial charge in [-0.2, -0.15) is 4.98 Å². The minimum atomic E-state index is -0.301. The number of hydrogen-bond donors (Lipinski definition) is 2. The number of carbonyl (C=O) groups excluding carboxylic acids is 1. The summed E-state index contributed by atoms with van der Waals surface area (Å²) < 4.78 is 18.7. The zero-order chi connectivity index (χ0) is 22.3. The van der Waals surface area contributed by atoms with Crippen LogP contribution in [0.3, 0.4) is 0 Å². The predicted molar refractivity (Wildman–Crippen MR) is 118 cm³/mol. The van der Waals surface area contributed by atoms with Gasteiger partial charge in [0.15, 0.2) is 5.82 Å². The lowest BCUT2D eigenvalue weighted by Gasteiger charge is -2.40. The molecule has 2 aromatic rings. The van der Waals surface area contributed by atoms with Crippen molar-refractivity contribution in [2.24, 2.45) is 5.92 Å². The molecule has 8 nitrogen and oxygen atoms in total. The molecule has 0 bridgehead atoms. The Kier molecular flexibility index (Phi) is 5.70. The Morgan fingerprint density at radius 2 is 2.06 bits per heavy atom. The summed E-state index contributed by atoms with van der Waals surface area (Å²) >= 11 is 0. The SMILES string of the molecule is COc1cc(F)ccc1CN1CC(Nc2nc(C)c3c(n2)N(C)C(C(C)C)C(=O)N3)C1. The van der Waals surface area contributed by atoms with E-state index in [1.54, 1.807) is 13.2 Å². The van der Waals surface area contributed by atoms with Crippen LogP contribution in [0.1, 0.15) is 25.1 Å². The number of fused-ring (bicyclic) bond motifs is 1. The van der Waals surface area contributed by atoms with Gasteiger partial charge in [0.1, 0.15) is 23.3 Å². The summed E-state index contributed by atoms with van der Waals surface area (Å²) in [5.41, 5.74) is 2.37. The maximum atomic E-state index is 13.4. The minimum Gasteiger partial charge on any atom is -0.496 e. The largest absolute Gasteiger partial charge is 0.496 e. The Bertz CT molecular complexity index is 992. The first-order chi connectivity index (χ1) is 14.8. The summed E-state index contributed by atoms with van der Waals surface area (Å²) in [5.74, 6) is 1.70. The maximum absolute atomic E-state index is 13.4. The normalized spacial score (nSPS) is 19.1. The highest BCUT2D eigenvalue weighted by Gasteiger charge is 2.36. The van der Waals surface area contributed by atoms with Crippen LogP contribution >= 0.6 is 0 Å². The first kappa shape index (κ1) is 21.3. The van der Waals surface area contributed by atoms with Crippen molar-refractivity contribution in [3.8, 4) is 5.75 Å². The molecule has 3 heterocycles. The molecule has 0 spiro atoms. The number of ether oxygens (including phenoxy) is 1. The second kappa shape index (κ2) is 8.30. The number of rotatable bonds is 6. The Morgan fingerprint density at radius 3 is 2.74 bits per heavy atom. The van der Waals surface area contributed by atoms with Crippen LogP contribution in [0.5, 0.6) is 5.75 Å². The smallest absolute Gasteiger partial charge is 0.247 e. The van der Waals surface area contributed by atoms with Gasteiger partial charge in [-0.25, -0.2) is 9.37 Å². The van der Waals surface area contributed by atoms with Gasteiger partial charge >= 0.3 is 0 Å². The monoisotopic (exact) mass is 428 g/mol. The third kappa shape index (κ3) is 4.14. The molecule has 1 aromatic heterocycles. The van der Waals surface area contributed by atoms with Crippen molar-refractivity contribution in [2.45, 2.75) is 39.4 Å². The summed E-state index contributed by atoms with van der Waals surface area (Å²) in [6.45, 7) is 8.26. The number of likely N-dealkylation sites (tertiary alicyclic amines) is 1. The number of aryl methyl sites for hydroxylation is 1. The van der Waals surface area contributed by atoms with Crippen LogP contribution in [-0.2, 0) is 11.3 Å². The Morgan fingerprint density at radius 1 is 1.32 bits per heavy atom. The number of carbonyl (C=O) groups is 1. The highest BCUT2D eigenvalue weighted by Crippen LogP contribution is 2.34. The molecule has 2 aliphatic heterocycles. The molecule has 2 N–H and O–H groups in total. The number of nitrogens with one attached hydrogen (secondary N) is 2. The molecule has 2 aliphatic rings. The van der Waals surface area contributed by atoms with E-state index in [0.29, 0.717) is 23.9 Å². The molecule has 1 amide bonds. The fraction of sp³-hybridized carbons (Fsp3) is 0.500. The van der Waals surface area contributed by atoms with E-state index in [1.807, 2.05) is 32.7 Å². The lowest BCUT2D eigenvalue weighted by molar-refractivity contribution is -0.118. The minimum absolute atomic E-state index is 0.0248. The summed E-state index contributed by atoms with van der Waals surface area (Å²) in [4.78, 5) is 25.9. The van der Waals surface area contributed by atoms with Gasteiger partial charge in [-0.3, -0.25) is 9.69 Å². The lowest BCUT2D eigenvalue weighted by atomic mass is 9.99. The van der Waals surface area contributed by atoms with E-state index >= 15 is 0 Å². The summed E-state index contributed by atoms with van der Waals surface area (Å²) in [6, 6.07) is 4.58. The molecule has 4 rings (SSSR count). The van der Waals surface area contributed by atoms with Gasteiger partial charge in [-0.15, -0.1) is 0 Å². The van der Waals surface area contributed by atoms with Crippen molar-refractivity contribution >= 4 is 23.4 Å². The predicted octanol–water partition coefficient (Wildman–Crippen LogP) is 2.64. The fourth-order valence-corrected chi connectivity index (χ4v) is 4.34. The molecular formula is C22H29FN6O2. The number of benzene rings is 1. The first-order valence-corrected chi connectivity index (χ1v) is 10.5. The van der Waals surface area contributed by atoms with Gasteiger partial charge in [-0.05, 0) is 18.9 Å². The van der Waals surface area contributed by atoms with Crippen molar-refractivity contribution in [3.63, 3.8) is 0 Å². The van der Waals surface area contributed by atoms with Crippen LogP contribution in [0.2, 0.25) is 0 Å². The van der Waals surface area contributed by atoms with Crippen molar-refractivity contribution < 1.29 is 13.9 Å². The van der Waals surface area contributed by atoms with Crippen molar-refractivity contribution in [3.05, 3.63) is 35.3 Å². The number of nitrogens with zero attached hydrogens (tertiary/aromatic N) is 4. The quantitative estimate of drug-likeness (QED) is 0.732. The highest BCUT2D eigenvalue weighted by atomic mass is 19.1. The van der Waals surface area contributed by atoms with Gasteiger partial charge in [0.05, 0.1) is 18.8 Å². The maximum Gasteiger partial charge on any atom is 0.247 e. The van der Waals surface area contributed by atoms with Gasteiger partial charge in [0, 0.05) is 38.3 Å². The summed E-state index contributed by atoms with van der Waals surface area (Å²) in [6.07, 6.45) is 0. The lowest BCUT2D eigenvalue weighted by Crippen LogP contribution is -2.54. The van der Waals surface area contributed by atoms with E-state index in [0.717, 1.165) is 30.2 Å². The summed E-state index contributed by atoms with van der Waals surface area (Å²) in [5, 5.41) is 6.37. The number of anilines is 3. The molecule has 1 unspecified atom stereocenters. The molecule has 166 valence electrons. The number of likely N-dealkylation sites (N-methyl/N-ethyl adjacent to an activating group) is 1. The van der Waals surface area contributed by atoms with E-state index in [2.05, 4.69) is 20.5 Å². The van der Waals surface area contributed by atoms with E-state index in [9.17, 15) is 9.18 Å². The van der Waals surface area contributed by atoms with Crippen LogP contribution in [0.25, 0.3) is 0 Å². The van der Waals surface area contributed by atoms with Crippen LogP contribution in [0.15, 0.2) is 18.2 Å². The topological polar surface area (TPSA) is 82.6 Å². The highest BCUT2D eigenvalue weighted by molar-refractivity contribution is 6.03. The van der Waals surface area contributed by atoms with Crippen molar-refractivity contribution in [1.82, 2.24) is 14.9 Å². The van der Waals surface area contributed by atoms with E-state index in [-0.39, 0.29) is 29.7 Å². The van der Waals surface area contributed by atoms with Crippen molar-refractivity contribution in [1.29, 1.82) is 0 Å². The first-order valence-electron chi connectivity index (χ1n) is 10.5. The van der Waals surface area contributed by atoms with Gasteiger partial charge < -0.3 is 20.3 Å². The molecule has 9 heteroatoms. The Balaban J connectivity index is 1.42. The number of amides is 1. The molecule has 1 aromatic carbocycles. The van der Waals surface area contributed by atoms with Gasteiger partial charge in [0.2, 0.25) is 11.9 Å². The average molecular weight is 429 g/mol. The van der Waals surface area contributed by atoms with Gasteiger partial charge in [-0.1, -0.05) is 19.9 Å². The molecule has 0 aliphatic carbocycles. The van der Waals surface area contributed by atoms with E-state index in [4.69, 9.17) is 9.72 Å². The molecule has 1 saturated heterocycles. The molecule has 0 radical (unpaired) electrons. The van der Waals surface area contributed by atoms with Crippen LogP contribution in [0.4, 0.5) is 21.8 Å². The third-order valence-corrected chi connectivity index (χ3v) is 5.90. The molecule has 1 atom stereocenters. The molecule has 1 fully saturated rings. The second-order valence-electron chi connectivity index (χ2n) is 8.61. The number of hydrogen-bond acceptors (Lipinski definition) is 7. The van der Waals surface area contributed by atoms with Gasteiger partial charge in [0.25, 0.3) is 0 Å². The van der Waals surface area contributed by atoms with Crippen LogP contribution < -0.4 is 20.3 Å². The third-order valence-electron chi connectivity index (χ3n) is 5.90. The van der Waals surface area contributed by atoms with Crippen LogP contribution in [0, 0.1) is 18.7 Å². The Hall–Kier alpha value is -2.94. The van der Waals surface area contributed by atoms with Crippen LogP contribution in [-0.4, -0.2) is 60.1 Å². The van der Waals surface area contributed by atoms with Crippen molar-refractivity contribution in [2.75, 3.05) is 42.8 Å². The number of halogens is 1. The molecule has 0 saturated carbocycles. The van der Waals surface area contributed by atoms with E-state index < -0.39 is 0 Å². The Labute approximate surface area is 181 Å². The summed E-state index contributed by atoms with van der Waals surface area (Å²) in [7, 11) is 3.46. The van der Waals surface area contributed by atoms with E-state index in [1.165, 1.54) is 12.1 Å². The standard InChI is InChI=1S/C22H29FN6O2/c1-12(2)19-21(30)26-18-13(3)24-22(27-20(18)28(19)4)25-16-10-29(11-16)9-14-6-7-15(23)8-17(14)31-5/h6-8,12,16,19H,9-11H2,1-5H3,(H,26,30)(H,24,25,27). The zero-order valence-electron chi connectivity index (χ0n) is 18.6. The molecule has 31 heavy (non-hydrogen) atoms. The fourth-order valence-electron chi connectivity index (χ4n) is 4.34. The zero-order valence-corrected chi connectivity index (χ0v) is 18.6.